The molecule has 1 aliphatic heterocycles. The Balaban J connectivity index is 1.53. The second-order valence-corrected chi connectivity index (χ2v) is 7.81. The molecule has 0 bridgehead atoms. The van der Waals surface area contributed by atoms with E-state index < -0.39 is 31.1 Å². The van der Waals surface area contributed by atoms with Gasteiger partial charge in [-0.15, -0.1) is 0 Å². The van der Waals surface area contributed by atoms with Crippen molar-refractivity contribution in [1.29, 1.82) is 0 Å². The van der Waals surface area contributed by atoms with E-state index in [1.165, 1.54) is 19.1 Å². The second-order valence-electron chi connectivity index (χ2n) is 7.40. The first-order valence-corrected chi connectivity index (χ1v) is 10.1. The normalized spacial score (nSPS) is 21.6. The SMILES string of the molecule is C[C@@H](C(=O)OCC(=O)Nc1ccc(OC(F)F)c(Cl)c1)N1C(=O)C2CCCCC2C1=O. The van der Waals surface area contributed by atoms with Crippen molar-refractivity contribution in [3.05, 3.63) is 23.2 Å². The van der Waals surface area contributed by atoms with Crippen LogP contribution >= 0.6 is 11.6 Å². The number of benzene rings is 1. The van der Waals surface area contributed by atoms with E-state index in [0.29, 0.717) is 12.8 Å². The van der Waals surface area contributed by atoms with Crippen molar-refractivity contribution in [3.63, 3.8) is 0 Å². The van der Waals surface area contributed by atoms with Crippen molar-refractivity contribution < 1.29 is 37.4 Å². The van der Waals surface area contributed by atoms with Crippen LogP contribution in [0.25, 0.3) is 0 Å². The monoisotopic (exact) mass is 458 g/mol. The fourth-order valence-electron chi connectivity index (χ4n) is 3.90. The maximum absolute atomic E-state index is 12.6. The third kappa shape index (κ3) is 5.12. The van der Waals surface area contributed by atoms with Gasteiger partial charge in [-0.25, -0.2) is 4.79 Å². The van der Waals surface area contributed by atoms with Crippen molar-refractivity contribution in [3.8, 4) is 5.75 Å². The van der Waals surface area contributed by atoms with Gasteiger partial charge in [-0.3, -0.25) is 19.3 Å². The van der Waals surface area contributed by atoms with Crippen molar-refractivity contribution in [2.45, 2.75) is 45.3 Å². The van der Waals surface area contributed by atoms with E-state index >= 15 is 0 Å². The number of fused-ring (bicyclic) bond motifs is 1. The first-order valence-electron chi connectivity index (χ1n) is 9.76. The lowest BCUT2D eigenvalue weighted by molar-refractivity contribution is -0.159. The number of nitrogens with one attached hydrogen (secondary N) is 1. The van der Waals surface area contributed by atoms with Gasteiger partial charge in [-0.05, 0) is 38.0 Å². The molecule has 3 rings (SSSR count). The molecule has 1 saturated heterocycles. The third-order valence-corrected chi connectivity index (χ3v) is 5.68. The molecule has 0 spiro atoms. The molecule has 1 N–H and O–H groups in total. The lowest BCUT2D eigenvalue weighted by atomic mass is 9.81. The highest BCUT2D eigenvalue weighted by molar-refractivity contribution is 6.32. The van der Waals surface area contributed by atoms with E-state index in [0.717, 1.165) is 23.8 Å². The highest BCUT2D eigenvalue weighted by atomic mass is 35.5. The molecular weight excluding hydrogens is 438 g/mol. The smallest absolute Gasteiger partial charge is 0.387 e. The molecule has 3 amide bonds. The number of amides is 3. The molecule has 1 aliphatic carbocycles. The molecule has 1 aromatic carbocycles. The molecule has 2 aliphatic rings. The molecule has 3 atom stereocenters. The molecule has 0 aromatic heterocycles. The number of rotatable bonds is 7. The van der Waals surface area contributed by atoms with Gasteiger partial charge >= 0.3 is 12.6 Å². The number of halogens is 3. The summed E-state index contributed by atoms with van der Waals surface area (Å²) in [5.74, 6) is -3.37. The van der Waals surface area contributed by atoms with Crippen molar-refractivity contribution in [1.82, 2.24) is 4.90 Å². The average Bonchev–Trinajstić information content (AvgIpc) is 2.98. The summed E-state index contributed by atoms with van der Waals surface area (Å²) in [7, 11) is 0. The minimum atomic E-state index is -3.04. The van der Waals surface area contributed by atoms with Gasteiger partial charge in [0.2, 0.25) is 11.8 Å². The molecule has 1 heterocycles. The van der Waals surface area contributed by atoms with Crippen LogP contribution in [0, 0.1) is 11.8 Å². The summed E-state index contributed by atoms with van der Waals surface area (Å²) in [5, 5.41) is 2.25. The molecule has 8 nitrogen and oxygen atoms in total. The molecule has 0 radical (unpaired) electrons. The van der Waals surface area contributed by atoms with Crippen LogP contribution in [0.15, 0.2) is 18.2 Å². The fraction of sp³-hybridized carbons (Fsp3) is 0.500. The zero-order valence-corrected chi connectivity index (χ0v) is 17.4. The number of ether oxygens (including phenoxy) is 2. The lowest BCUT2D eigenvalue weighted by Crippen LogP contribution is -2.45. The molecule has 31 heavy (non-hydrogen) atoms. The molecule has 168 valence electrons. The number of imide groups is 1. The van der Waals surface area contributed by atoms with Gasteiger partial charge in [0.05, 0.1) is 16.9 Å². The van der Waals surface area contributed by atoms with E-state index in [4.69, 9.17) is 16.3 Å². The zero-order chi connectivity index (χ0) is 22.7. The van der Waals surface area contributed by atoms with Gasteiger partial charge < -0.3 is 14.8 Å². The van der Waals surface area contributed by atoms with Crippen molar-refractivity contribution in [2.75, 3.05) is 11.9 Å². The number of esters is 1. The number of carbonyl (C=O) groups excluding carboxylic acids is 4. The van der Waals surface area contributed by atoms with E-state index in [9.17, 15) is 28.0 Å². The third-order valence-electron chi connectivity index (χ3n) is 5.38. The summed E-state index contributed by atoms with van der Waals surface area (Å²) in [4.78, 5) is 50.4. The molecule has 2 unspecified atom stereocenters. The second kappa shape index (κ2) is 9.59. The number of nitrogens with zero attached hydrogens (tertiary/aromatic N) is 1. The Morgan fingerprint density at radius 3 is 2.35 bits per heavy atom. The molecule has 1 aromatic rings. The Bertz CT molecular complexity index is 872. The predicted molar refractivity (Wildman–Crippen MR) is 104 cm³/mol. The molecule has 11 heteroatoms. The van der Waals surface area contributed by atoms with Gasteiger partial charge in [0.15, 0.2) is 6.61 Å². The standard InChI is InChI=1S/C20H21ClF2N2O6/c1-10(25-17(27)12-4-2-3-5-13(12)18(25)28)19(29)30-9-16(26)24-11-6-7-15(14(21)8-11)31-20(22)23/h6-8,10,12-13,20H,2-5,9H2,1H3,(H,24,26)/t10-,12?,13?/m0/s1. The summed E-state index contributed by atoms with van der Waals surface area (Å²) in [6.45, 7) is -2.33. The maximum atomic E-state index is 12.6. The van der Waals surface area contributed by atoms with Crippen molar-refractivity contribution in [2.24, 2.45) is 11.8 Å². The highest BCUT2D eigenvalue weighted by Gasteiger charge is 2.51. The Labute approximate surface area is 181 Å². The topological polar surface area (TPSA) is 102 Å². The number of carbonyl (C=O) groups is 4. The van der Waals surface area contributed by atoms with Gasteiger partial charge in [0.1, 0.15) is 11.8 Å². The van der Waals surface area contributed by atoms with Crippen LogP contribution in [-0.4, -0.2) is 47.9 Å². The molecular formula is C20H21ClF2N2O6. The Hall–Kier alpha value is -2.75. The number of anilines is 1. The summed E-state index contributed by atoms with van der Waals surface area (Å²) in [6.07, 6.45) is 2.98. The minimum Gasteiger partial charge on any atom is -0.454 e. The summed E-state index contributed by atoms with van der Waals surface area (Å²) < 4.78 is 33.7. The first-order chi connectivity index (χ1) is 14.7. The Kier molecular flexibility index (Phi) is 7.09. The predicted octanol–water partition coefficient (Wildman–Crippen LogP) is 2.99. The number of likely N-dealkylation sites (tertiary alicyclic amines) is 1. The van der Waals surface area contributed by atoms with Crippen LogP contribution in [0.5, 0.6) is 5.75 Å². The largest absolute Gasteiger partial charge is 0.454 e. The van der Waals surface area contributed by atoms with E-state index in [-0.39, 0.29) is 40.1 Å². The molecule has 1 saturated carbocycles. The zero-order valence-electron chi connectivity index (χ0n) is 16.6. The van der Waals surface area contributed by atoms with Crippen LogP contribution in [0.2, 0.25) is 5.02 Å². The van der Waals surface area contributed by atoms with E-state index in [1.54, 1.807) is 0 Å². The Morgan fingerprint density at radius 1 is 1.19 bits per heavy atom. The number of alkyl halides is 2. The fourth-order valence-corrected chi connectivity index (χ4v) is 4.12. The van der Waals surface area contributed by atoms with E-state index in [1.807, 2.05) is 0 Å². The highest BCUT2D eigenvalue weighted by Crippen LogP contribution is 2.39. The minimum absolute atomic E-state index is 0.142. The molecule has 2 fully saturated rings. The average molecular weight is 459 g/mol. The number of hydrogen-bond donors (Lipinski definition) is 1. The van der Waals surface area contributed by atoms with Crippen molar-refractivity contribution >= 4 is 41.0 Å². The Morgan fingerprint density at radius 2 is 1.81 bits per heavy atom. The van der Waals surface area contributed by atoms with Gasteiger partial charge in [0, 0.05) is 5.69 Å². The van der Waals surface area contributed by atoms with Crippen LogP contribution in [-0.2, 0) is 23.9 Å². The summed E-state index contributed by atoms with van der Waals surface area (Å²) in [5.41, 5.74) is 0.176. The van der Waals surface area contributed by atoms with Gasteiger partial charge in [0.25, 0.3) is 5.91 Å². The van der Waals surface area contributed by atoms with Gasteiger partial charge in [-0.1, -0.05) is 24.4 Å². The van der Waals surface area contributed by atoms with Crippen LogP contribution in [0.4, 0.5) is 14.5 Å². The summed E-state index contributed by atoms with van der Waals surface area (Å²) >= 11 is 5.81. The first kappa shape index (κ1) is 22.9. The van der Waals surface area contributed by atoms with Gasteiger partial charge in [-0.2, -0.15) is 8.78 Å². The van der Waals surface area contributed by atoms with E-state index in [2.05, 4.69) is 10.1 Å². The van der Waals surface area contributed by atoms with Crippen LogP contribution in [0.3, 0.4) is 0 Å². The summed E-state index contributed by atoms with van der Waals surface area (Å²) in [6, 6.07) is 2.50. The quantitative estimate of drug-likeness (QED) is 0.498. The number of hydrogen-bond acceptors (Lipinski definition) is 6. The maximum Gasteiger partial charge on any atom is 0.387 e. The lowest BCUT2D eigenvalue weighted by Gasteiger charge is -2.21. The van der Waals surface area contributed by atoms with Crippen LogP contribution < -0.4 is 10.1 Å². The van der Waals surface area contributed by atoms with Crippen LogP contribution in [0.1, 0.15) is 32.6 Å².